The first kappa shape index (κ1) is 89.4. The molecule has 0 aromatic carbocycles. The number of likely N-dealkylation sites (N-methyl/N-ethyl adjacent to an activating group) is 1. The van der Waals surface area contributed by atoms with Gasteiger partial charge in [0.2, 0.25) is 5.91 Å². The summed E-state index contributed by atoms with van der Waals surface area (Å²) in [5.41, 5.74) is 0. The van der Waals surface area contributed by atoms with Gasteiger partial charge in [-0.25, -0.2) is 4.57 Å². The number of carbonyl (C=O) groups is 1. The molecule has 3 unspecified atom stereocenters. The number of allylic oxidation sites excluding steroid dienone is 23. The summed E-state index contributed by atoms with van der Waals surface area (Å²) in [6, 6.07) is -0.878. The molecule has 0 aliphatic rings. The average molecular weight is 1310 g/mol. The number of phosphoric acid groups is 1. The van der Waals surface area contributed by atoms with Gasteiger partial charge < -0.3 is 19.8 Å². The van der Waals surface area contributed by atoms with Gasteiger partial charge in [-0.05, 0) is 109 Å². The summed E-state index contributed by atoms with van der Waals surface area (Å²) in [6.07, 6.45) is 112. The molecule has 0 fully saturated rings. The molecular formula is C84H148N2O6P+. The first-order valence-electron chi connectivity index (χ1n) is 38.7. The van der Waals surface area contributed by atoms with E-state index in [4.69, 9.17) is 9.05 Å². The van der Waals surface area contributed by atoms with Crippen LogP contribution in [0, 0.1) is 0 Å². The Bertz CT molecular complexity index is 2030. The number of aliphatic hydroxyl groups excluding tert-OH is 1. The van der Waals surface area contributed by atoms with E-state index in [0.717, 1.165) is 109 Å². The number of rotatable bonds is 70. The minimum atomic E-state index is -4.38. The highest BCUT2D eigenvalue weighted by Gasteiger charge is 2.28. The molecule has 0 saturated heterocycles. The van der Waals surface area contributed by atoms with Crippen molar-refractivity contribution >= 4 is 13.7 Å². The van der Waals surface area contributed by atoms with E-state index in [2.05, 4.69) is 153 Å². The second kappa shape index (κ2) is 72.6. The lowest BCUT2D eigenvalue weighted by Gasteiger charge is -2.25. The highest BCUT2D eigenvalue weighted by atomic mass is 31.2. The molecule has 8 nitrogen and oxygen atoms in total. The van der Waals surface area contributed by atoms with Crippen LogP contribution >= 0.6 is 7.82 Å². The van der Waals surface area contributed by atoms with Gasteiger partial charge in [-0.15, -0.1) is 0 Å². The van der Waals surface area contributed by atoms with E-state index in [-0.39, 0.29) is 19.1 Å². The molecule has 9 heteroatoms. The summed E-state index contributed by atoms with van der Waals surface area (Å²) in [6.45, 7) is 4.70. The molecule has 0 heterocycles. The van der Waals surface area contributed by atoms with Crippen LogP contribution in [0.25, 0.3) is 0 Å². The second-order valence-electron chi connectivity index (χ2n) is 27.0. The lowest BCUT2D eigenvalue weighted by molar-refractivity contribution is -0.870. The fourth-order valence-electron chi connectivity index (χ4n) is 10.9. The normalized spacial score (nSPS) is 14.4. The lowest BCUT2D eigenvalue weighted by Crippen LogP contribution is -2.45. The number of aliphatic hydroxyl groups is 1. The molecule has 1 amide bonds. The van der Waals surface area contributed by atoms with Crippen molar-refractivity contribution in [2.24, 2.45) is 0 Å². The van der Waals surface area contributed by atoms with Crippen molar-refractivity contribution in [2.45, 2.75) is 341 Å². The Morgan fingerprint density at radius 1 is 0.376 bits per heavy atom. The maximum absolute atomic E-state index is 13.1. The topological polar surface area (TPSA) is 105 Å². The number of nitrogens with one attached hydrogen (secondary N) is 1. The molecule has 3 atom stereocenters. The zero-order valence-corrected chi connectivity index (χ0v) is 62.1. The summed E-state index contributed by atoms with van der Waals surface area (Å²) in [4.78, 5) is 23.5. The smallest absolute Gasteiger partial charge is 0.387 e. The summed E-state index contributed by atoms with van der Waals surface area (Å²) in [5, 5.41) is 14.0. The Labute approximate surface area is 576 Å². The SMILES string of the molecule is CC/C=C\C/C=C\C/C=C\C/C=C\C/C=C\C/C=C\C/C=C\C/C=C\C/C=C\C/C=C\CCCCCCCCCCCCC(=O)NC(COP(=O)(O)OCC[N+](C)(C)C)C(O)/C=C/CC/C=C/CCCCCCCCCCCCCCCCCCCCCCCCCC. The largest absolute Gasteiger partial charge is 0.472 e. The van der Waals surface area contributed by atoms with E-state index < -0.39 is 20.0 Å². The van der Waals surface area contributed by atoms with Crippen molar-refractivity contribution < 1.29 is 32.9 Å². The highest BCUT2D eigenvalue weighted by Crippen LogP contribution is 2.43. The molecule has 0 bridgehead atoms. The maximum Gasteiger partial charge on any atom is 0.472 e. The fourth-order valence-corrected chi connectivity index (χ4v) is 11.6. The molecule has 0 aliphatic carbocycles. The molecule has 3 N–H and O–H groups in total. The molecule has 0 aromatic heterocycles. The van der Waals surface area contributed by atoms with E-state index in [9.17, 15) is 19.4 Å². The molecule has 0 rings (SSSR count). The summed E-state index contributed by atoms with van der Waals surface area (Å²) >= 11 is 0. The van der Waals surface area contributed by atoms with Gasteiger partial charge in [0, 0.05) is 6.42 Å². The fraction of sp³-hybridized carbons (Fsp3) is 0.702. The van der Waals surface area contributed by atoms with Gasteiger partial charge in [0.25, 0.3) is 0 Å². The Morgan fingerprint density at radius 3 is 0.989 bits per heavy atom. The van der Waals surface area contributed by atoms with Gasteiger partial charge >= 0.3 is 7.82 Å². The second-order valence-corrected chi connectivity index (χ2v) is 28.4. The summed E-state index contributed by atoms with van der Waals surface area (Å²) in [7, 11) is 1.54. The number of hydrogen-bond acceptors (Lipinski definition) is 5. The Morgan fingerprint density at radius 2 is 0.656 bits per heavy atom. The van der Waals surface area contributed by atoms with E-state index in [1.54, 1.807) is 6.08 Å². The number of hydrogen-bond donors (Lipinski definition) is 3. The van der Waals surface area contributed by atoms with Crippen LogP contribution in [0.1, 0.15) is 328 Å². The number of phosphoric ester groups is 1. The molecule has 0 saturated carbocycles. The van der Waals surface area contributed by atoms with Gasteiger partial charge in [-0.3, -0.25) is 13.8 Å². The lowest BCUT2D eigenvalue weighted by atomic mass is 10.0. The van der Waals surface area contributed by atoms with Crippen LogP contribution in [0.4, 0.5) is 0 Å². The Kier molecular flexibility index (Phi) is 69.8. The molecule has 534 valence electrons. The number of amides is 1. The van der Waals surface area contributed by atoms with Crippen molar-refractivity contribution in [3.8, 4) is 0 Å². The third-order valence-corrected chi connectivity index (χ3v) is 17.8. The number of unbranched alkanes of at least 4 members (excludes halogenated alkanes) is 35. The standard InChI is InChI=1S/C84H147N2O6P/c1-6-8-10-12-14-16-18-20-22-24-26-28-30-32-34-36-38-39-40-41-42-43-44-45-46-47-48-50-52-54-56-58-60-62-64-66-68-70-72-74-76-78-84(88)85-82(81-92-93(89,90)91-80-79-86(3,4)5)83(87)77-75-73-71-69-67-65-63-61-59-57-55-53-51-49-37-35-33-31-29-27-25-23-21-19-17-15-13-11-9-7-2/h8,10,14,16,20,22,26,28,32,34,38-39,41-42,44-45,47-48,52,54,67,69,75,77,82-83,87H,6-7,9,11-13,15,17-19,21,23-25,27,29-31,33,35-37,40,43,46,49-51,53,55-66,68,70-74,76,78-81H2,1-5H3,(H-,85,88,89,90)/p+1/b10-8-,16-14-,22-20-,28-26-,34-32-,39-38-,42-41-,45-44-,48-47-,54-52-,69-67+,77-75+. The first-order chi connectivity index (χ1) is 45.5. The monoisotopic (exact) mass is 1310 g/mol. The van der Waals surface area contributed by atoms with E-state index in [0.29, 0.717) is 17.4 Å². The van der Waals surface area contributed by atoms with Gasteiger partial charge in [0.05, 0.1) is 39.9 Å². The Balaban J connectivity index is 4.11. The van der Waals surface area contributed by atoms with Gasteiger partial charge in [-0.1, -0.05) is 359 Å². The first-order valence-corrected chi connectivity index (χ1v) is 40.2. The van der Waals surface area contributed by atoms with Crippen LogP contribution in [0.15, 0.2) is 146 Å². The number of quaternary nitrogens is 1. The van der Waals surface area contributed by atoms with Crippen molar-refractivity contribution in [1.82, 2.24) is 5.32 Å². The van der Waals surface area contributed by atoms with E-state index in [1.165, 1.54) is 199 Å². The highest BCUT2D eigenvalue weighted by molar-refractivity contribution is 7.47. The predicted molar refractivity (Wildman–Crippen MR) is 410 cm³/mol. The maximum atomic E-state index is 13.1. The van der Waals surface area contributed by atoms with Crippen molar-refractivity contribution in [3.05, 3.63) is 146 Å². The van der Waals surface area contributed by atoms with Crippen LogP contribution in [0.3, 0.4) is 0 Å². The van der Waals surface area contributed by atoms with Crippen LogP contribution < -0.4 is 5.32 Å². The van der Waals surface area contributed by atoms with Gasteiger partial charge in [0.1, 0.15) is 13.2 Å². The molecule has 0 aromatic rings. The minimum Gasteiger partial charge on any atom is -0.387 e. The molecule has 0 spiro atoms. The van der Waals surface area contributed by atoms with E-state index >= 15 is 0 Å². The van der Waals surface area contributed by atoms with Crippen molar-refractivity contribution in [2.75, 3.05) is 40.9 Å². The van der Waals surface area contributed by atoms with Crippen LogP contribution in [-0.4, -0.2) is 73.4 Å². The Hall–Kier alpha value is -3.62. The van der Waals surface area contributed by atoms with Gasteiger partial charge in [0.15, 0.2) is 0 Å². The quantitative estimate of drug-likeness (QED) is 0.0243. The van der Waals surface area contributed by atoms with Gasteiger partial charge in [-0.2, -0.15) is 0 Å². The van der Waals surface area contributed by atoms with Crippen LogP contribution in [0.5, 0.6) is 0 Å². The van der Waals surface area contributed by atoms with Crippen LogP contribution in [0.2, 0.25) is 0 Å². The molecule has 93 heavy (non-hydrogen) atoms. The molecule has 0 radical (unpaired) electrons. The third kappa shape index (κ3) is 75.6. The van der Waals surface area contributed by atoms with Crippen molar-refractivity contribution in [1.29, 1.82) is 0 Å². The summed E-state index contributed by atoms with van der Waals surface area (Å²) < 4.78 is 23.8. The zero-order chi connectivity index (χ0) is 67.6. The minimum absolute atomic E-state index is 0.0493. The average Bonchev–Trinajstić information content (AvgIpc) is 2.75. The predicted octanol–water partition coefficient (Wildman–Crippen LogP) is 25.5. The zero-order valence-electron chi connectivity index (χ0n) is 61.2. The van der Waals surface area contributed by atoms with E-state index in [1.807, 2.05) is 27.2 Å². The summed E-state index contributed by atoms with van der Waals surface area (Å²) in [5.74, 6) is -0.194. The van der Waals surface area contributed by atoms with Crippen LogP contribution in [-0.2, 0) is 18.4 Å². The number of nitrogens with zero attached hydrogens (tertiary/aromatic N) is 1. The molecular weight excluding hydrogens is 1160 g/mol. The molecule has 0 aliphatic heterocycles. The number of carbonyl (C=O) groups excluding carboxylic acids is 1. The third-order valence-electron chi connectivity index (χ3n) is 16.8. The van der Waals surface area contributed by atoms with Crippen molar-refractivity contribution in [3.63, 3.8) is 0 Å².